The molecule has 0 aliphatic rings. The van der Waals surface area contributed by atoms with Gasteiger partial charge in [-0.1, -0.05) is 22.0 Å². The molecular weight excluding hydrogens is 399 g/mol. The predicted molar refractivity (Wildman–Crippen MR) is 93.7 cm³/mol. The number of amides is 1. The van der Waals surface area contributed by atoms with E-state index in [1.165, 1.54) is 31.3 Å². The summed E-state index contributed by atoms with van der Waals surface area (Å²) in [6.45, 7) is 1.30. The van der Waals surface area contributed by atoms with E-state index in [0.717, 1.165) is 14.3 Å². The summed E-state index contributed by atoms with van der Waals surface area (Å²) in [6, 6.07) is 10.5. The molecule has 128 valence electrons. The molecule has 0 unspecified atom stereocenters. The van der Waals surface area contributed by atoms with Gasteiger partial charge in [0.15, 0.2) is 0 Å². The lowest BCUT2D eigenvalue weighted by molar-refractivity contribution is -0.116. The third-order valence-electron chi connectivity index (χ3n) is 3.29. The number of benzene rings is 2. The quantitative estimate of drug-likeness (QED) is 0.816. The molecule has 24 heavy (non-hydrogen) atoms. The molecule has 0 radical (unpaired) electrons. The summed E-state index contributed by atoms with van der Waals surface area (Å²) in [6.07, 6.45) is 0. The van der Waals surface area contributed by atoms with Crippen molar-refractivity contribution in [3.05, 3.63) is 58.3 Å². The van der Waals surface area contributed by atoms with Crippen molar-refractivity contribution in [1.82, 2.24) is 4.31 Å². The molecule has 0 saturated heterocycles. The third kappa shape index (κ3) is 4.40. The first kappa shape index (κ1) is 18.6. The lowest BCUT2D eigenvalue weighted by atomic mass is 10.2. The molecule has 0 aliphatic carbocycles. The fourth-order valence-corrected chi connectivity index (χ4v) is 3.38. The van der Waals surface area contributed by atoms with Gasteiger partial charge in [0.25, 0.3) is 0 Å². The van der Waals surface area contributed by atoms with Crippen LogP contribution in [0.1, 0.15) is 5.56 Å². The van der Waals surface area contributed by atoms with Crippen molar-refractivity contribution >= 4 is 37.5 Å². The van der Waals surface area contributed by atoms with Crippen LogP contribution in [0, 0.1) is 12.7 Å². The normalized spacial score (nSPS) is 11.5. The topological polar surface area (TPSA) is 66.5 Å². The summed E-state index contributed by atoms with van der Waals surface area (Å²) >= 11 is 3.23. The van der Waals surface area contributed by atoms with Gasteiger partial charge in [-0.05, 0) is 48.9 Å². The van der Waals surface area contributed by atoms with Gasteiger partial charge in [-0.3, -0.25) is 4.79 Å². The first-order chi connectivity index (χ1) is 11.2. The molecule has 5 nitrogen and oxygen atoms in total. The molecule has 0 aromatic heterocycles. The molecule has 0 heterocycles. The molecule has 1 amide bonds. The van der Waals surface area contributed by atoms with Gasteiger partial charge in [0.1, 0.15) is 5.82 Å². The number of carbonyl (C=O) groups excluding carboxylic acids is 1. The molecule has 0 bridgehead atoms. The van der Waals surface area contributed by atoms with Crippen LogP contribution in [0.5, 0.6) is 0 Å². The highest BCUT2D eigenvalue weighted by Gasteiger charge is 2.23. The van der Waals surface area contributed by atoms with Crippen molar-refractivity contribution in [3.63, 3.8) is 0 Å². The Morgan fingerprint density at radius 2 is 1.83 bits per heavy atom. The minimum atomic E-state index is -3.80. The number of likely N-dealkylation sites (N-methyl/N-ethyl adjacent to an activating group) is 1. The molecule has 0 atom stereocenters. The molecule has 2 aromatic carbocycles. The van der Waals surface area contributed by atoms with E-state index in [9.17, 15) is 17.6 Å². The second kappa shape index (κ2) is 7.42. The van der Waals surface area contributed by atoms with Crippen LogP contribution in [-0.4, -0.2) is 32.2 Å². The van der Waals surface area contributed by atoms with E-state index >= 15 is 0 Å². The summed E-state index contributed by atoms with van der Waals surface area (Å²) in [5.41, 5.74) is 0.737. The Morgan fingerprint density at radius 3 is 2.42 bits per heavy atom. The zero-order valence-electron chi connectivity index (χ0n) is 13.1. The second-order valence-electron chi connectivity index (χ2n) is 5.25. The first-order valence-electron chi connectivity index (χ1n) is 6.98. The van der Waals surface area contributed by atoms with Crippen molar-refractivity contribution in [3.8, 4) is 0 Å². The minimum absolute atomic E-state index is 0.0139. The van der Waals surface area contributed by atoms with Crippen LogP contribution in [0.4, 0.5) is 10.1 Å². The molecule has 8 heteroatoms. The van der Waals surface area contributed by atoms with Crippen LogP contribution in [-0.2, 0) is 14.8 Å². The van der Waals surface area contributed by atoms with Crippen LogP contribution in [0.25, 0.3) is 0 Å². The Kier molecular flexibility index (Phi) is 5.74. The van der Waals surface area contributed by atoms with Gasteiger partial charge in [0.2, 0.25) is 15.9 Å². The third-order valence-corrected chi connectivity index (χ3v) is 5.63. The molecule has 0 fully saturated rings. The van der Waals surface area contributed by atoms with Gasteiger partial charge in [0, 0.05) is 11.5 Å². The summed E-state index contributed by atoms with van der Waals surface area (Å²) in [7, 11) is -2.51. The standard InChI is InChI=1S/C16H16BrFN2O3S/c1-11-3-8-15(14(18)9-11)19-16(21)10-20(2)24(22,23)13-6-4-12(17)5-7-13/h3-9H,10H2,1-2H3,(H,19,21). The van der Waals surface area contributed by atoms with Crippen molar-refractivity contribution in [2.45, 2.75) is 11.8 Å². The maximum atomic E-state index is 13.7. The number of anilines is 1. The minimum Gasteiger partial charge on any atom is -0.322 e. The van der Waals surface area contributed by atoms with E-state index in [0.29, 0.717) is 0 Å². The predicted octanol–water partition coefficient (Wildman–Crippen LogP) is 3.16. The monoisotopic (exact) mass is 414 g/mol. The molecular formula is C16H16BrFN2O3S. The fraction of sp³-hybridized carbons (Fsp3) is 0.188. The largest absolute Gasteiger partial charge is 0.322 e. The fourth-order valence-electron chi connectivity index (χ4n) is 1.98. The second-order valence-corrected chi connectivity index (χ2v) is 8.21. The highest BCUT2D eigenvalue weighted by atomic mass is 79.9. The molecule has 0 aliphatic heterocycles. The highest BCUT2D eigenvalue weighted by Crippen LogP contribution is 2.18. The Balaban J connectivity index is 2.09. The zero-order chi connectivity index (χ0) is 17.9. The molecule has 0 spiro atoms. The summed E-state index contributed by atoms with van der Waals surface area (Å²) in [5, 5.41) is 2.37. The van der Waals surface area contributed by atoms with Gasteiger partial charge >= 0.3 is 0 Å². The van der Waals surface area contributed by atoms with Crippen LogP contribution in [0.2, 0.25) is 0 Å². The average Bonchev–Trinajstić information content (AvgIpc) is 2.50. The Labute approximate surface area is 148 Å². The van der Waals surface area contributed by atoms with Crippen molar-refractivity contribution in [2.24, 2.45) is 0 Å². The maximum absolute atomic E-state index is 13.7. The van der Waals surface area contributed by atoms with E-state index in [1.54, 1.807) is 25.1 Å². The van der Waals surface area contributed by atoms with Gasteiger partial charge in [-0.25, -0.2) is 12.8 Å². The number of halogens is 2. The smallest absolute Gasteiger partial charge is 0.243 e. The van der Waals surface area contributed by atoms with Crippen molar-refractivity contribution < 1.29 is 17.6 Å². The first-order valence-corrected chi connectivity index (χ1v) is 9.21. The number of hydrogen-bond acceptors (Lipinski definition) is 3. The summed E-state index contributed by atoms with van der Waals surface area (Å²) in [5.74, 6) is -1.19. The number of aryl methyl sites for hydroxylation is 1. The number of carbonyl (C=O) groups is 1. The van der Waals surface area contributed by atoms with E-state index in [4.69, 9.17) is 0 Å². The SMILES string of the molecule is Cc1ccc(NC(=O)CN(C)S(=O)(=O)c2ccc(Br)cc2)c(F)c1. The summed E-state index contributed by atoms with van der Waals surface area (Å²) in [4.78, 5) is 12.1. The Bertz CT molecular complexity index is 854. The average molecular weight is 415 g/mol. The van der Waals surface area contributed by atoms with Crippen LogP contribution >= 0.6 is 15.9 Å². The Hall–Kier alpha value is -1.77. The lowest BCUT2D eigenvalue weighted by Crippen LogP contribution is -2.35. The van der Waals surface area contributed by atoms with Gasteiger partial charge in [-0.2, -0.15) is 4.31 Å². The van der Waals surface area contributed by atoms with E-state index in [2.05, 4.69) is 21.2 Å². The van der Waals surface area contributed by atoms with Gasteiger partial charge in [0.05, 0.1) is 17.1 Å². The molecule has 1 N–H and O–H groups in total. The van der Waals surface area contributed by atoms with E-state index in [-0.39, 0.29) is 10.6 Å². The van der Waals surface area contributed by atoms with Crippen LogP contribution in [0.3, 0.4) is 0 Å². The van der Waals surface area contributed by atoms with Gasteiger partial charge in [-0.15, -0.1) is 0 Å². The van der Waals surface area contributed by atoms with Crippen molar-refractivity contribution in [1.29, 1.82) is 0 Å². The van der Waals surface area contributed by atoms with Crippen LogP contribution in [0.15, 0.2) is 51.8 Å². The maximum Gasteiger partial charge on any atom is 0.243 e. The zero-order valence-corrected chi connectivity index (χ0v) is 15.5. The lowest BCUT2D eigenvalue weighted by Gasteiger charge is -2.17. The summed E-state index contributed by atoms with van der Waals surface area (Å²) < 4.78 is 40.2. The van der Waals surface area contributed by atoms with E-state index in [1.807, 2.05) is 0 Å². The van der Waals surface area contributed by atoms with Crippen LogP contribution < -0.4 is 5.32 Å². The number of nitrogens with one attached hydrogen (secondary N) is 1. The van der Waals surface area contributed by atoms with E-state index < -0.39 is 28.3 Å². The molecule has 0 saturated carbocycles. The Morgan fingerprint density at radius 1 is 1.21 bits per heavy atom. The van der Waals surface area contributed by atoms with Gasteiger partial charge < -0.3 is 5.32 Å². The number of nitrogens with zero attached hydrogens (tertiary/aromatic N) is 1. The number of sulfonamides is 1. The number of hydrogen-bond donors (Lipinski definition) is 1. The van der Waals surface area contributed by atoms with Crippen molar-refractivity contribution in [2.75, 3.05) is 18.9 Å². The number of rotatable bonds is 5. The highest BCUT2D eigenvalue weighted by molar-refractivity contribution is 9.10. The molecule has 2 aromatic rings. The molecule has 2 rings (SSSR count).